The van der Waals surface area contributed by atoms with E-state index in [1.54, 1.807) is 5.57 Å². The van der Waals surface area contributed by atoms with Crippen LogP contribution in [0.3, 0.4) is 0 Å². The summed E-state index contributed by atoms with van der Waals surface area (Å²) in [5, 5.41) is 20.9. The molecule has 4 heteroatoms. The Hall–Kier alpha value is -1.91. The van der Waals surface area contributed by atoms with Crippen LogP contribution in [-0.4, -0.2) is 42.8 Å². The molecule has 5 rings (SSSR count). The molecule has 1 aromatic rings. The number of hydrogen-bond acceptors (Lipinski definition) is 4. The average Bonchev–Trinajstić information content (AvgIpc) is 3.06. The molecule has 4 aliphatic carbocycles. The van der Waals surface area contributed by atoms with Crippen molar-refractivity contribution in [2.75, 3.05) is 25.6 Å². The number of aliphatic hydroxyl groups excluding tert-OH is 2. The van der Waals surface area contributed by atoms with Crippen molar-refractivity contribution in [2.45, 2.75) is 70.3 Å². The molecule has 4 aliphatic rings. The van der Waals surface area contributed by atoms with E-state index in [0.717, 1.165) is 44.9 Å². The summed E-state index contributed by atoms with van der Waals surface area (Å²) in [5.41, 5.74) is 6.76. The third kappa shape index (κ3) is 3.80. The number of nitrogens with zero attached hydrogens (tertiary/aromatic N) is 1. The van der Waals surface area contributed by atoms with Crippen LogP contribution < -0.4 is 4.90 Å². The highest BCUT2D eigenvalue weighted by molar-refractivity contribution is 5.93. The van der Waals surface area contributed by atoms with E-state index in [2.05, 4.69) is 50.2 Å². The Morgan fingerprint density at radius 3 is 2.61 bits per heavy atom. The number of anilines is 1. The Morgan fingerprint density at radius 2 is 1.91 bits per heavy atom. The molecule has 2 fully saturated rings. The Balaban J connectivity index is 0.00000171. The van der Waals surface area contributed by atoms with E-state index in [1.807, 2.05) is 6.08 Å². The van der Waals surface area contributed by atoms with Gasteiger partial charge in [-0.3, -0.25) is 4.79 Å². The van der Waals surface area contributed by atoms with Crippen LogP contribution in [0.1, 0.15) is 72.6 Å². The predicted octanol–water partition coefficient (Wildman–Crippen LogP) is 5.50. The molecule has 6 atom stereocenters. The van der Waals surface area contributed by atoms with Crippen LogP contribution in [0.5, 0.6) is 0 Å². The highest BCUT2D eigenvalue weighted by atomic mass is 16.3. The summed E-state index contributed by atoms with van der Waals surface area (Å²) in [7, 11) is 4.14. The molecular formula is C29H43NO3. The minimum Gasteiger partial charge on any atom is -0.396 e. The normalized spacial score (nSPS) is 35.6. The summed E-state index contributed by atoms with van der Waals surface area (Å²) in [4.78, 5) is 14.3. The van der Waals surface area contributed by atoms with Crippen molar-refractivity contribution in [3.05, 3.63) is 52.6 Å². The fraction of sp³-hybridized carbons (Fsp3) is 0.621. The summed E-state index contributed by atoms with van der Waals surface area (Å²) in [6.07, 6.45) is 8.90. The third-order valence-electron chi connectivity index (χ3n) is 9.39. The largest absolute Gasteiger partial charge is 0.396 e. The van der Waals surface area contributed by atoms with Crippen LogP contribution in [0.15, 0.2) is 47.1 Å². The third-order valence-corrected chi connectivity index (χ3v) is 9.39. The maximum atomic E-state index is 12.2. The van der Waals surface area contributed by atoms with Crippen molar-refractivity contribution in [3.8, 4) is 0 Å². The number of ketones is 1. The summed E-state index contributed by atoms with van der Waals surface area (Å²) < 4.78 is 0. The average molecular weight is 454 g/mol. The zero-order chi connectivity index (χ0) is 23.3. The maximum absolute atomic E-state index is 12.2. The minimum atomic E-state index is -0.311. The zero-order valence-corrected chi connectivity index (χ0v) is 20.4. The molecule has 182 valence electrons. The molecule has 0 spiro atoms. The molecule has 0 saturated heterocycles. The molecule has 0 radical (unpaired) electrons. The van der Waals surface area contributed by atoms with Gasteiger partial charge in [0, 0.05) is 41.6 Å². The molecule has 2 saturated carbocycles. The maximum Gasteiger partial charge on any atom is 0.156 e. The Kier molecular flexibility index (Phi) is 6.03. The molecule has 0 heterocycles. The fourth-order valence-electron chi connectivity index (χ4n) is 7.75. The summed E-state index contributed by atoms with van der Waals surface area (Å²) in [6.45, 7) is 2.53. The lowest BCUT2D eigenvalue weighted by Gasteiger charge is -2.52. The van der Waals surface area contributed by atoms with E-state index < -0.39 is 0 Å². The van der Waals surface area contributed by atoms with Crippen LogP contribution in [0, 0.1) is 23.2 Å². The molecular weight excluding hydrogens is 410 g/mol. The lowest BCUT2D eigenvalue weighted by molar-refractivity contribution is -0.114. The van der Waals surface area contributed by atoms with Crippen molar-refractivity contribution in [1.29, 1.82) is 0 Å². The van der Waals surface area contributed by atoms with Crippen LogP contribution in [0.2, 0.25) is 0 Å². The van der Waals surface area contributed by atoms with Gasteiger partial charge in [-0.05, 0) is 103 Å². The number of rotatable bonds is 5. The lowest BCUT2D eigenvalue weighted by Crippen LogP contribution is -2.45. The lowest BCUT2D eigenvalue weighted by atomic mass is 9.53. The quantitative estimate of drug-likeness (QED) is 0.618. The molecule has 33 heavy (non-hydrogen) atoms. The van der Waals surface area contributed by atoms with Gasteiger partial charge in [-0.25, -0.2) is 0 Å². The Bertz CT molecular complexity index is 986. The first-order chi connectivity index (χ1) is 15.8. The summed E-state index contributed by atoms with van der Waals surface area (Å²) in [6, 6.07) is 8.99. The molecule has 4 nitrogen and oxygen atoms in total. The van der Waals surface area contributed by atoms with Gasteiger partial charge < -0.3 is 15.1 Å². The van der Waals surface area contributed by atoms with Crippen LogP contribution in [-0.2, 0) is 4.79 Å². The van der Waals surface area contributed by atoms with Crippen LogP contribution >= 0.6 is 0 Å². The molecule has 1 unspecified atom stereocenters. The van der Waals surface area contributed by atoms with E-state index in [-0.39, 0.29) is 32.7 Å². The Morgan fingerprint density at radius 1 is 1.15 bits per heavy atom. The molecule has 2 N–H and O–H groups in total. The molecule has 0 bridgehead atoms. The first-order valence-corrected chi connectivity index (χ1v) is 12.9. The molecule has 0 aliphatic heterocycles. The summed E-state index contributed by atoms with van der Waals surface area (Å²) in [5.74, 6) is 1.82. The standard InChI is InChI=1S/C29H39NO3.2H2/c1-29-17-25(18-6-9-21(10-7-18)30(2)3)27-23-13-11-22(32)15-19(23)8-12-24(27)26(29)16-20(28(29)33)5-4-14-31;;/h6-7,9-10,15,20,24-26,28,31,33H,4-5,8,11-14,16-17H2,1-3H3;2*1H/t20?,24-,25+,26-,28+,29+;;/m0../s1. The van der Waals surface area contributed by atoms with Gasteiger partial charge in [-0.1, -0.05) is 24.6 Å². The van der Waals surface area contributed by atoms with Crippen molar-refractivity contribution in [1.82, 2.24) is 0 Å². The van der Waals surface area contributed by atoms with E-state index in [4.69, 9.17) is 0 Å². The highest BCUT2D eigenvalue weighted by Gasteiger charge is 2.59. The molecule has 1 aromatic carbocycles. The topological polar surface area (TPSA) is 60.8 Å². The first-order valence-electron chi connectivity index (χ1n) is 12.9. The monoisotopic (exact) mass is 453 g/mol. The minimum absolute atomic E-state index is 0. The number of carbonyl (C=O) groups is 1. The smallest absolute Gasteiger partial charge is 0.156 e. The SMILES string of the molecule is CN(C)c1ccc([C@H]2C[C@@]3(C)[C@H](O)C(CCCO)C[C@H]3[C@@H]3CCC4=CC(=O)CCC4=C32)cc1.[HH].[HH]. The second-order valence-electron chi connectivity index (χ2n) is 11.4. The van der Waals surface area contributed by atoms with Crippen molar-refractivity contribution >= 4 is 11.5 Å². The number of allylic oxidation sites excluding steroid dienone is 4. The molecule has 0 amide bonds. The number of fused-ring (bicyclic) bond motifs is 4. The van der Waals surface area contributed by atoms with Crippen molar-refractivity contribution in [3.63, 3.8) is 0 Å². The van der Waals surface area contributed by atoms with Gasteiger partial charge in [-0.2, -0.15) is 0 Å². The van der Waals surface area contributed by atoms with E-state index in [1.165, 1.54) is 22.4 Å². The highest BCUT2D eigenvalue weighted by Crippen LogP contribution is 2.65. The van der Waals surface area contributed by atoms with Crippen molar-refractivity contribution < 1.29 is 17.9 Å². The summed E-state index contributed by atoms with van der Waals surface area (Å²) >= 11 is 0. The van der Waals surface area contributed by atoms with Gasteiger partial charge in [-0.15, -0.1) is 0 Å². The predicted molar refractivity (Wildman–Crippen MR) is 136 cm³/mol. The van der Waals surface area contributed by atoms with E-state index >= 15 is 0 Å². The second-order valence-corrected chi connectivity index (χ2v) is 11.4. The van der Waals surface area contributed by atoms with Crippen LogP contribution in [0.25, 0.3) is 0 Å². The van der Waals surface area contributed by atoms with Crippen molar-refractivity contribution in [2.24, 2.45) is 23.2 Å². The number of hydrogen-bond donors (Lipinski definition) is 2. The fourth-order valence-corrected chi connectivity index (χ4v) is 7.75. The van der Waals surface area contributed by atoms with Gasteiger partial charge in [0.25, 0.3) is 0 Å². The van der Waals surface area contributed by atoms with E-state index in [9.17, 15) is 15.0 Å². The Labute approximate surface area is 201 Å². The van der Waals surface area contributed by atoms with Gasteiger partial charge in [0.15, 0.2) is 5.78 Å². The van der Waals surface area contributed by atoms with Gasteiger partial charge >= 0.3 is 0 Å². The van der Waals surface area contributed by atoms with Gasteiger partial charge in [0.2, 0.25) is 0 Å². The molecule has 0 aromatic heterocycles. The number of benzene rings is 1. The zero-order valence-electron chi connectivity index (χ0n) is 20.4. The second kappa shape index (κ2) is 8.70. The van der Waals surface area contributed by atoms with Crippen LogP contribution in [0.4, 0.5) is 5.69 Å². The number of carbonyl (C=O) groups excluding carboxylic acids is 1. The van der Waals surface area contributed by atoms with E-state index in [0.29, 0.717) is 24.2 Å². The van der Waals surface area contributed by atoms with Gasteiger partial charge in [0.1, 0.15) is 0 Å². The first kappa shape index (κ1) is 22.9. The van der Waals surface area contributed by atoms with Gasteiger partial charge in [0.05, 0.1) is 6.10 Å². The number of aliphatic hydroxyl groups is 2.